The second-order valence-electron chi connectivity index (χ2n) is 7.84. The molecule has 0 saturated carbocycles. The summed E-state index contributed by atoms with van der Waals surface area (Å²) in [6, 6.07) is 10.6. The van der Waals surface area contributed by atoms with Gasteiger partial charge in [-0.1, -0.05) is 0 Å². The van der Waals surface area contributed by atoms with Gasteiger partial charge in [-0.15, -0.1) is 0 Å². The number of nitrogens with one attached hydrogen (secondary N) is 2. The molecule has 0 radical (unpaired) electrons. The number of halogens is 1. The molecule has 4 rings (SSSR count). The van der Waals surface area contributed by atoms with Gasteiger partial charge in [-0.05, 0) is 68.3 Å². The summed E-state index contributed by atoms with van der Waals surface area (Å²) >= 11 is 0. The van der Waals surface area contributed by atoms with Crippen LogP contribution in [0.5, 0.6) is 0 Å². The molecule has 0 fully saturated rings. The van der Waals surface area contributed by atoms with Crippen LogP contribution in [0.1, 0.15) is 50.6 Å². The molecule has 0 aliphatic heterocycles. The highest BCUT2D eigenvalue weighted by Crippen LogP contribution is 2.30. The molecule has 1 heterocycles. The number of furan rings is 1. The molecule has 9 nitrogen and oxygen atoms in total. The lowest BCUT2D eigenvalue weighted by Crippen LogP contribution is -2.22. The number of esters is 1. The monoisotopic (exact) mass is 499 g/mol. The number of nitrogens with zero attached hydrogens (tertiary/aromatic N) is 1. The number of methoxy groups -OCH3 is 1. The van der Waals surface area contributed by atoms with Gasteiger partial charge in [0.2, 0.25) is 0 Å². The molecule has 0 unspecified atom stereocenters. The molecule has 3 aromatic rings. The van der Waals surface area contributed by atoms with Crippen LogP contribution in [-0.4, -0.2) is 33.1 Å². The molecule has 1 aliphatic rings. The number of benzene rings is 2. The number of carbonyl (C=O) groups is 2. The molecule has 0 bridgehead atoms. The number of hydrazone groups is 1. The van der Waals surface area contributed by atoms with Crippen molar-refractivity contribution in [2.24, 2.45) is 5.10 Å². The minimum absolute atomic E-state index is 0.0861. The van der Waals surface area contributed by atoms with E-state index in [0.717, 1.165) is 24.3 Å². The molecule has 2 N–H and O–H groups in total. The summed E-state index contributed by atoms with van der Waals surface area (Å²) in [4.78, 5) is 26.5. The van der Waals surface area contributed by atoms with Crippen LogP contribution in [0.2, 0.25) is 0 Å². The van der Waals surface area contributed by atoms with E-state index in [1.165, 1.54) is 19.2 Å². The first-order chi connectivity index (χ1) is 16.7. The van der Waals surface area contributed by atoms with E-state index in [2.05, 4.69) is 20.0 Å². The molecule has 1 aliphatic carbocycles. The van der Waals surface area contributed by atoms with Crippen molar-refractivity contribution in [1.29, 1.82) is 0 Å². The fourth-order valence-corrected chi connectivity index (χ4v) is 4.60. The Hall–Kier alpha value is -3.99. The molecular formula is C24H22FN3O6S. The van der Waals surface area contributed by atoms with Crippen LogP contribution in [0.3, 0.4) is 0 Å². The van der Waals surface area contributed by atoms with Crippen LogP contribution in [0, 0.1) is 12.7 Å². The van der Waals surface area contributed by atoms with E-state index in [1.807, 2.05) is 0 Å². The largest absolute Gasteiger partial charge is 0.465 e. The van der Waals surface area contributed by atoms with Crippen LogP contribution in [0.4, 0.5) is 10.1 Å². The number of amides is 1. The zero-order chi connectivity index (χ0) is 25.2. The number of anilines is 1. The van der Waals surface area contributed by atoms with E-state index in [4.69, 9.17) is 4.42 Å². The summed E-state index contributed by atoms with van der Waals surface area (Å²) in [5.74, 6) is -0.901. The highest BCUT2D eigenvalue weighted by molar-refractivity contribution is 7.89. The van der Waals surface area contributed by atoms with E-state index in [9.17, 15) is 22.4 Å². The fraction of sp³-hybridized carbons (Fsp3) is 0.208. The molecule has 0 spiro atoms. The molecule has 11 heteroatoms. The van der Waals surface area contributed by atoms with Gasteiger partial charge in [0.1, 0.15) is 11.6 Å². The number of rotatable bonds is 6. The maximum absolute atomic E-state index is 13.1. The third kappa shape index (κ3) is 5.09. The number of sulfonamides is 1. The van der Waals surface area contributed by atoms with Gasteiger partial charge in [0.05, 0.1) is 23.3 Å². The topological polar surface area (TPSA) is 127 Å². The molecular weight excluding hydrogens is 477 g/mol. The zero-order valence-electron chi connectivity index (χ0n) is 18.9. The molecule has 1 aromatic heterocycles. The first kappa shape index (κ1) is 24.1. The van der Waals surface area contributed by atoms with Gasteiger partial charge < -0.3 is 14.5 Å². The smallest absolute Gasteiger partial charge is 0.337 e. The Morgan fingerprint density at radius 1 is 1.06 bits per heavy atom. The lowest BCUT2D eigenvalue weighted by atomic mass is 9.93. The van der Waals surface area contributed by atoms with Gasteiger partial charge in [0, 0.05) is 23.2 Å². The maximum atomic E-state index is 13.1. The van der Waals surface area contributed by atoms with Crippen molar-refractivity contribution in [3.05, 3.63) is 82.6 Å². The summed E-state index contributed by atoms with van der Waals surface area (Å²) < 4.78 is 48.7. The van der Waals surface area contributed by atoms with E-state index in [0.29, 0.717) is 53.1 Å². The predicted octanol–water partition coefficient (Wildman–Crippen LogP) is 3.78. The quantitative estimate of drug-likeness (QED) is 0.393. The van der Waals surface area contributed by atoms with Crippen LogP contribution < -0.4 is 10.1 Å². The van der Waals surface area contributed by atoms with E-state index in [-0.39, 0.29) is 10.7 Å². The fourth-order valence-electron chi connectivity index (χ4n) is 3.77. The predicted molar refractivity (Wildman–Crippen MR) is 125 cm³/mol. The van der Waals surface area contributed by atoms with Crippen LogP contribution >= 0.6 is 0 Å². The second kappa shape index (κ2) is 9.71. The average Bonchev–Trinajstić information content (AvgIpc) is 3.20. The summed E-state index contributed by atoms with van der Waals surface area (Å²) in [7, 11) is -2.72. The number of ether oxygens (including phenoxy) is 1. The van der Waals surface area contributed by atoms with Crippen molar-refractivity contribution in [1.82, 2.24) is 4.83 Å². The van der Waals surface area contributed by atoms with Crippen molar-refractivity contribution >= 4 is 33.3 Å². The second-order valence-corrected chi connectivity index (χ2v) is 9.50. The highest BCUT2D eigenvalue weighted by Gasteiger charge is 2.28. The van der Waals surface area contributed by atoms with Crippen LogP contribution in [0.15, 0.2) is 62.9 Å². The lowest BCUT2D eigenvalue weighted by Gasteiger charge is -2.14. The van der Waals surface area contributed by atoms with Crippen molar-refractivity contribution in [3.63, 3.8) is 0 Å². The van der Waals surface area contributed by atoms with Crippen molar-refractivity contribution < 1.29 is 31.6 Å². The Morgan fingerprint density at radius 3 is 2.40 bits per heavy atom. The first-order valence-electron chi connectivity index (χ1n) is 10.7. The molecule has 0 atom stereocenters. The van der Waals surface area contributed by atoms with Gasteiger partial charge in [-0.2, -0.15) is 18.4 Å². The number of hydrogen-bond acceptors (Lipinski definition) is 7. The van der Waals surface area contributed by atoms with Gasteiger partial charge >= 0.3 is 5.97 Å². The SMILES string of the molecule is COC(=O)c1ccc(NC(=O)c2oc3c(c2C)/C(=N/NS(=O)(=O)c2ccc(F)cc2)CCC3)cc1. The maximum Gasteiger partial charge on any atom is 0.337 e. The standard InChI is InChI=1S/C24H22FN3O6S/c1-14-21-19(27-28-35(31,32)18-12-8-16(25)9-13-18)4-3-5-20(21)34-22(14)23(29)26-17-10-6-15(7-11-17)24(30)33-2/h6-13,28H,3-5H2,1-2H3,(H,26,29)/b27-19+. The Morgan fingerprint density at radius 2 is 1.74 bits per heavy atom. The molecule has 182 valence electrons. The summed E-state index contributed by atoms with van der Waals surface area (Å²) in [6.07, 6.45) is 1.71. The average molecular weight is 500 g/mol. The Kier molecular flexibility index (Phi) is 6.70. The number of hydrogen-bond donors (Lipinski definition) is 2. The van der Waals surface area contributed by atoms with E-state index >= 15 is 0 Å². The molecule has 1 amide bonds. The van der Waals surface area contributed by atoms with Crippen LogP contribution in [-0.2, 0) is 21.2 Å². The van der Waals surface area contributed by atoms with E-state index < -0.39 is 27.7 Å². The minimum atomic E-state index is -4.00. The lowest BCUT2D eigenvalue weighted by molar-refractivity contribution is 0.0600. The number of fused-ring (bicyclic) bond motifs is 1. The Labute approximate surface area is 201 Å². The van der Waals surface area contributed by atoms with Crippen molar-refractivity contribution in [3.8, 4) is 0 Å². The van der Waals surface area contributed by atoms with Gasteiger partial charge in [-0.3, -0.25) is 4.79 Å². The van der Waals surface area contributed by atoms with Gasteiger partial charge in [0.25, 0.3) is 15.9 Å². The van der Waals surface area contributed by atoms with Crippen LogP contribution in [0.25, 0.3) is 0 Å². The third-order valence-corrected chi connectivity index (χ3v) is 6.74. The Bertz CT molecular complexity index is 1410. The van der Waals surface area contributed by atoms with Crippen molar-refractivity contribution in [2.45, 2.75) is 31.1 Å². The summed E-state index contributed by atoms with van der Waals surface area (Å²) in [6.45, 7) is 1.70. The van der Waals surface area contributed by atoms with Gasteiger partial charge in [0.15, 0.2) is 5.76 Å². The summed E-state index contributed by atoms with van der Waals surface area (Å²) in [5, 5.41) is 6.82. The normalized spacial score (nSPS) is 14.3. The number of carbonyl (C=O) groups excluding carboxylic acids is 2. The minimum Gasteiger partial charge on any atom is -0.465 e. The molecule has 2 aromatic carbocycles. The highest BCUT2D eigenvalue weighted by atomic mass is 32.2. The zero-order valence-corrected chi connectivity index (χ0v) is 19.7. The molecule has 35 heavy (non-hydrogen) atoms. The third-order valence-electron chi connectivity index (χ3n) is 5.52. The van der Waals surface area contributed by atoms with Crippen molar-refractivity contribution in [2.75, 3.05) is 12.4 Å². The summed E-state index contributed by atoms with van der Waals surface area (Å²) in [5.41, 5.74) is 2.36. The molecule has 0 saturated heterocycles. The Balaban J connectivity index is 1.55. The van der Waals surface area contributed by atoms with Gasteiger partial charge in [-0.25, -0.2) is 9.18 Å². The first-order valence-corrected chi connectivity index (χ1v) is 12.1. The van der Waals surface area contributed by atoms with E-state index in [1.54, 1.807) is 19.1 Å². The number of aryl methyl sites for hydroxylation is 1.